The van der Waals surface area contributed by atoms with E-state index in [1.54, 1.807) is 12.1 Å². The Kier molecular flexibility index (Phi) is 4.00. The number of halogens is 1. The lowest BCUT2D eigenvalue weighted by Gasteiger charge is -2.35. The van der Waals surface area contributed by atoms with E-state index >= 15 is 0 Å². The highest BCUT2D eigenvalue weighted by Gasteiger charge is 2.36. The fourth-order valence-corrected chi connectivity index (χ4v) is 3.93. The van der Waals surface area contributed by atoms with Crippen LogP contribution in [0.4, 0.5) is 10.1 Å². The summed E-state index contributed by atoms with van der Waals surface area (Å²) >= 11 is 0. The van der Waals surface area contributed by atoms with Crippen LogP contribution < -0.4 is 5.32 Å². The number of aromatic nitrogens is 1. The third-order valence-corrected chi connectivity index (χ3v) is 5.11. The lowest BCUT2D eigenvalue weighted by molar-refractivity contribution is 0.200. The van der Waals surface area contributed by atoms with Gasteiger partial charge in [-0.1, -0.05) is 6.07 Å². The van der Waals surface area contributed by atoms with Crippen molar-refractivity contribution in [3.63, 3.8) is 0 Å². The third kappa shape index (κ3) is 3.08. The largest absolute Gasteiger partial charge is 0.381 e. The lowest BCUT2D eigenvalue weighted by atomic mass is 9.89. The van der Waals surface area contributed by atoms with Gasteiger partial charge in [0.25, 0.3) is 0 Å². The predicted octanol–water partition coefficient (Wildman–Crippen LogP) is 3.44. The van der Waals surface area contributed by atoms with Gasteiger partial charge < -0.3 is 10.2 Å². The number of nitrogens with zero attached hydrogens (tertiary/aromatic N) is 2. The Morgan fingerprint density at radius 3 is 3.13 bits per heavy atom. The maximum absolute atomic E-state index is 13.6. The second-order valence-corrected chi connectivity index (χ2v) is 6.64. The first-order chi connectivity index (χ1) is 11.3. The second kappa shape index (κ2) is 6.28. The minimum Gasteiger partial charge on any atom is -0.381 e. The molecule has 2 unspecified atom stereocenters. The number of hydrogen-bond donors (Lipinski definition) is 1. The maximum atomic E-state index is 13.6. The van der Waals surface area contributed by atoms with Crippen LogP contribution in [0.15, 0.2) is 42.7 Å². The van der Waals surface area contributed by atoms with Gasteiger partial charge in [0.1, 0.15) is 5.82 Å². The average Bonchev–Trinajstić information content (AvgIpc) is 2.93. The lowest BCUT2D eigenvalue weighted by Crippen LogP contribution is -2.42. The first kappa shape index (κ1) is 14.6. The first-order valence-corrected chi connectivity index (χ1v) is 8.47. The molecule has 0 saturated carbocycles. The van der Waals surface area contributed by atoms with Crippen molar-refractivity contribution >= 4 is 5.69 Å². The van der Waals surface area contributed by atoms with Gasteiger partial charge in [0.15, 0.2) is 0 Å². The van der Waals surface area contributed by atoms with Crippen LogP contribution in [-0.2, 0) is 6.42 Å². The highest BCUT2D eigenvalue weighted by molar-refractivity contribution is 5.59. The Morgan fingerprint density at radius 2 is 2.26 bits per heavy atom. The molecule has 0 spiro atoms. The molecule has 0 bridgehead atoms. The molecule has 4 rings (SSSR count). The number of aryl methyl sites for hydroxylation is 1. The summed E-state index contributed by atoms with van der Waals surface area (Å²) in [7, 11) is 0. The van der Waals surface area contributed by atoms with Crippen LogP contribution in [0.5, 0.6) is 0 Å². The summed E-state index contributed by atoms with van der Waals surface area (Å²) in [6, 6.07) is 9.76. The molecule has 1 N–H and O–H groups in total. The van der Waals surface area contributed by atoms with Crippen molar-refractivity contribution in [2.75, 3.05) is 25.0 Å². The predicted molar refractivity (Wildman–Crippen MR) is 90.2 cm³/mol. The number of hydrogen-bond acceptors (Lipinski definition) is 3. The quantitative estimate of drug-likeness (QED) is 0.937. The molecule has 0 radical (unpaired) electrons. The van der Waals surface area contributed by atoms with Gasteiger partial charge >= 0.3 is 0 Å². The molecule has 0 aliphatic carbocycles. The number of piperidine rings is 1. The molecule has 2 atom stereocenters. The normalized spacial score (nSPS) is 23.2. The third-order valence-electron chi connectivity index (χ3n) is 5.11. The van der Waals surface area contributed by atoms with E-state index in [-0.39, 0.29) is 5.82 Å². The van der Waals surface area contributed by atoms with E-state index in [9.17, 15) is 4.39 Å². The molecule has 2 aromatic rings. The monoisotopic (exact) mass is 311 g/mol. The summed E-state index contributed by atoms with van der Waals surface area (Å²) in [5.41, 5.74) is 3.59. The molecule has 1 saturated heterocycles. The summed E-state index contributed by atoms with van der Waals surface area (Å²) in [5.74, 6) is 0.299. The van der Waals surface area contributed by atoms with Crippen molar-refractivity contribution in [2.45, 2.75) is 31.2 Å². The molecule has 1 fully saturated rings. The molecule has 2 aliphatic rings. The van der Waals surface area contributed by atoms with Crippen molar-refractivity contribution in [1.29, 1.82) is 0 Å². The van der Waals surface area contributed by atoms with Crippen LogP contribution in [0, 0.1) is 5.82 Å². The molecule has 2 aliphatic heterocycles. The van der Waals surface area contributed by atoms with E-state index in [4.69, 9.17) is 0 Å². The van der Waals surface area contributed by atoms with E-state index < -0.39 is 0 Å². The van der Waals surface area contributed by atoms with Gasteiger partial charge in [-0.25, -0.2) is 4.39 Å². The van der Waals surface area contributed by atoms with Crippen molar-refractivity contribution < 1.29 is 4.39 Å². The van der Waals surface area contributed by atoms with Crippen molar-refractivity contribution in [1.82, 2.24) is 9.88 Å². The number of pyridine rings is 1. The average molecular weight is 311 g/mol. The van der Waals surface area contributed by atoms with Gasteiger partial charge in [-0.2, -0.15) is 0 Å². The number of rotatable bonds is 4. The second-order valence-electron chi connectivity index (χ2n) is 6.64. The van der Waals surface area contributed by atoms with Gasteiger partial charge in [-0.05, 0) is 61.2 Å². The van der Waals surface area contributed by atoms with Crippen LogP contribution in [0.1, 0.15) is 29.9 Å². The minimum absolute atomic E-state index is 0.125. The zero-order valence-corrected chi connectivity index (χ0v) is 13.2. The van der Waals surface area contributed by atoms with Crippen LogP contribution in [0.3, 0.4) is 0 Å². The highest BCUT2D eigenvalue weighted by atomic mass is 19.1. The minimum atomic E-state index is -0.125. The molecular weight excluding hydrogens is 289 g/mol. The highest BCUT2D eigenvalue weighted by Crippen LogP contribution is 2.40. The summed E-state index contributed by atoms with van der Waals surface area (Å²) in [6.07, 6.45) is 7.12. The zero-order valence-electron chi connectivity index (χ0n) is 13.2. The van der Waals surface area contributed by atoms with Crippen LogP contribution in [0.25, 0.3) is 0 Å². The number of nitrogens with one attached hydrogen (secondary N) is 1. The van der Waals surface area contributed by atoms with Crippen molar-refractivity contribution in [3.05, 3.63) is 59.7 Å². The standard InChI is InChI=1S/C19H22FN3/c20-15-5-6-18-16(11-15)17-13-23(10-7-19(17)22-18)9-2-4-14-3-1-8-21-12-14/h1,3,5-6,8,11-12,17,19,22H,2,4,7,9-10,13H2. The molecule has 23 heavy (non-hydrogen) atoms. The van der Waals surface area contributed by atoms with E-state index in [2.05, 4.69) is 21.3 Å². The summed E-state index contributed by atoms with van der Waals surface area (Å²) < 4.78 is 13.6. The molecule has 1 aromatic carbocycles. The van der Waals surface area contributed by atoms with Gasteiger partial charge in [0.05, 0.1) is 0 Å². The molecule has 1 aromatic heterocycles. The van der Waals surface area contributed by atoms with Gasteiger partial charge in [0.2, 0.25) is 0 Å². The Morgan fingerprint density at radius 1 is 1.30 bits per heavy atom. The van der Waals surface area contributed by atoms with Crippen molar-refractivity contribution in [3.8, 4) is 0 Å². The summed E-state index contributed by atoms with van der Waals surface area (Å²) in [4.78, 5) is 6.70. The maximum Gasteiger partial charge on any atom is 0.123 e. The van der Waals surface area contributed by atoms with Crippen LogP contribution in [-0.4, -0.2) is 35.6 Å². The van der Waals surface area contributed by atoms with Crippen molar-refractivity contribution in [2.24, 2.45) is 0 Å². The van der Waals surface area contributed by atoms with E-state index in [1.165, 1.54) is 5.56 Å². The molecule has 0 amide bonds. The Balaban J connectivity index is 1.36. The molecule has 3 heterocycles. The molecular formula is C19H22FN3. The first-order valence-electron chi connectivity index (χ1n) is 8.47. The zero-order chi connectivity index (χ0) is 15.6. The number of benzene rings is 1. The number of anilines is 1. The fourth-order valence-electron chi connectivity index (χ4n) is 3.93. The van der Waals surface area contributed by atoms with Crippen LogP contribution >= 0.6 is 0 Å². The molecule has 120 valence electrons. The SMILES string of the molecule is Fc1ccc2c(c1)C1CN(CCCc3cccnc3)CCC1N2. The smallest absolute Gasteiger partial charge is 0.123 e. The summed E-state index contributed by atoms with van der Waals surface area (Å²) in [5, 5.41) is 3.56. The van der Waals surface area contributed by atoms with E-state index in [1.807, 2.05) is 24.5 Å². The van der Waals surface area contributed by atoms with Gasteiger partial charge in [0, 0.05) is 43.1 Å². The topological polar surface area (TPSA) is 28.2 Å². The Bertz CT molecular complexity index is 674. The van der Waals surface area contributed by atoms with E-state index in [0.717, 1.165) is 50.1 Å². The number of likely N-dealkylation sites (tertiary alicyclic amines) is 1. The van der Waals surface area contributed by atoms with Gasteiger partial charge in [-0.15, -0.1) is 0 Å². The molecule has 3 nitrogen and oxygen atoms in total. The van der Waals surface area contributed by atoms with Gasteiger partial charge in [-0.3, -0.25) is 4.98 Å². The molecule has 4 heteroatoms. The Labute approximate surface area is 136 Å². The van der Waals surface area contributed by atoms with E-state index in [0.29, 0.717) is 12.0 Å². The summed E-state index contributed by atoms with van der Waals surface area (Å²) in [6.45, 7) is 3.25. The Hall–Kier alpha value is -1.94. The number of fused-ring (bicyclic) bond motifs is 3. The fraction of sp³-hybridized carbons (Fsp3) is 0.421. The van der Waals surface area contributed by atoms with Crippen LogP contribution in [0.2, 0.25) is 0 Å².